The number of aromatic hydroxyl groups is 1. The molecule has 2 aromatic rings. The molecule has 1 aromatic carbocycles. The highest BCUT2D eigenvalue weighted by Gasteiger charge is 2.29. The van der Waals surface area contributed by atoms with Crippen LogP contribution in [0.3, 0.4) is 0 Å². The van der Waals surface area contributed by atoms with Crippen LogP contribution in [0.15, 0.2) is 12.1 Å². The molecule has 0 unspecified atom stereocenters. The third-order valence-corrected chi connectivity index (χ3v) is 6.16. The van der Waals surface area contributed by atoms with E-state index < -0.39 is 0 Å². The molecule has 0 saturated carbocycles. The predicted molar refractivity (Wildman–Crippen MR) is 121 cm³/mol. The monoisotopic (exact) mass is 453 g/mol. The minimum Gasteiger partial charge on any atom is -0.506 e. The minimum absolute atomic E-state index is 0.0538. The second kappa shape index (κ2) is 8.65. The number of phenolic OH excluding ortho intramolecular Hbond substituents is 1. The molecule has 0 spiro atoms. The Hall–Kier alpha value is -1.96. The molecule has 1 aromatic heterocycles. The van der Waals surface area contributed by atoms with Crippen molar-refractivity contribution in [1.29, 1.82) is 0 Å². The van der Waals surface area contributed by atoms with E-state index in [0.29, 0.717) is 22.2 Å². The number of nitrogens with zero attached hydrogens (tertiary/aromatic N) is 3. The molecule has 7 nitrogen and oxygen atoms in total. The van der Waals surface area contributed by atoms with Crippen LogP contribution in [0.5, 0.6) is 5.75 Å². The van der Waals surface area contributed by atoms with Crippen LogP contribution in [0.25, 0.3) is 0 Å². The number of hydrogen-bond donors (Lipinski definition) is 3. The van der Waals surface area contributed by atoms with Gasteiger partial charge in [0.05, 0.1) is 12.2 Å². The molecule has 9 heteroatoms. The maximum Gasteiger partial charge on any atom is 0.273 e. The standard InChI is InChI=1S/C21H29Cl2N5O2/c1-21(2,3)13-8-15(16(29)9-14(13)22)25-11-17-26-19(23)18(28(17)5)20(30)27(4)12-6-7-24-10-12/h8-9,12,24-25,29H,6-7,10-11H2,1-5H3/t12-/m0/s1. The zero-order valence-corrected chi connectivity index (χ0v) is 19.5. The summed E-state index contributed by atoms with van der Waals surface area (Å²) in [6.45, 7) is 8.14. The lowest BCUT2D eigenvalue weighted by Gasteiger charge is -2.24. The number of amides is 1. The Balaban J connectivity index is 1.81. The van der Waals surface area contributed by atoms with Crippen LogP contribution in [-0.4, -0.2) is 51.6 Å². The second-order valence-corrected chi connectivity index (χ2v) is 9.51. The van der Waals surface area contributed by atoms with Crippen molar-refractivity contribution in [3.8, 4) is 5.75 Å². The summed E-state index contributed by atoms with van der Waals surface area (Å²) in [5.41, 5.74) is 1.65. The van der Waals surface area contributed by atoms with Gasteiger partial charge in [0.25, 0.3) is 5.91 Å². The normalized spacial score (nSPS) is 16.7. The van der Waals surface area contributed by atoms with Gasteiger partial charge in [-0.25, -0.2) is 4.98 Å². The summed E-state index contributed by atoms with van der Waals surface area (Å²) >= 11 is 12.6. The number of aromatic nitrogens is 2. The van der Waals surface area contributed by atoms with Crippen molar-refractivity contribution in [3.63, 3.8) is 0 Å². The summed E-state index contributed by atoms with van der Waals surface area (Å²) in [5.74, 6) is 0.491. The zero-order chi connectivity index (χ0) is 22.2. The molecule has 30 heavy (non-hydrogen) atoms. The van der Waals surface area contributed by atoms with Crippen LogP contribution in [0.1, 0.15) is 49.1 Å². The van der Waals surface area contributed by atoms with Crippen LogP contribution < -0.4 is 10.6 Å². The Morgan fingerprint density at radius 1 is 1.40 bits per heavy atom. The number of imidazole rings is 1. The first kappa shape index (κ1) is 22.7. The smallest absolute Gasteiger partial charge is 0.273 e. The van der Waals surface area contributed by atoms with Gasteiger partial charge in [0, 0.05) is 37.8 Å². The molecule has 3 rings (SSSR count). The Morgan fingerprint density at radius 3 is 2.70 bits per heavy atom. The molecule has 1 atom stereocenters. The van der Waals surface area contributed by atoms with Gasteiger partial charge in [-0.2, -0.15) is 0 Å². The van der Waals surface area contributed by atoms with Crippen molar-refractivity contribution in [1.82, 2.24) is 19.8 Å². The lowest BCUT2D eigenvalue weighted by Crippen LogP contribution is -2.39. The fraction of sp³-hybridized carbons (Fsp3) is 0.524. The number of halogens is 2. The van der Waals surface area contributed by atoms with E-state index in [1.807, 2.05) is 6.07 Å². The summed E-state index contributed by atoms with van der Waals surface area (Å²) in [7, 11) is 3.56. The van der Waals surface area contributed by atoms with E-state index in [9.17, 15) is 9.90 Å². The van der Waals surface area contributed by atoms with Crippen molar-refractivity contribution in [3.05, 3.63) is 39.4 Å². The summed E-state index contributed by atoms with van der Waals surface area (Å²) < 4.78 is 1.70. The van der Waals surface area contributed by atoms with Crippen molar-refractivity contribution in [2.75, 3.05) is 25.5 Å². The van der Waals surface area contributed by atoms with Crippen molar-refractivity contribution in [2.45, 2.75) is 45.2 Å². The first-order valence-electron chi connectivity index (χ1n) is 9.96. The van der Waals surface area contributed by atoms with Gasteiger partial charge in [0.2, 0.25) is 0 Å². The van der Waals surface area contributed by atoms with Gasteiger partial charge in [-0.05, 0) is 30.0 Å². The molecule has 1 aliphatic rings. The molecular formula is C21H29Cl2N5O2. The van der Waals surface area contributed by atoms with Crippen LogP contribution in [-0.2, 0) is 19.0 Å². The van der Waals surface area contributed by atoms with E-state index in [1.54, 1.807) is 23.6 Å². The van der Waals surface area contributed by atoms with Gasteiger partial charge in [0.1, 0.15) is 17.3 Å². The van der Waals surface area contributed by atoms with Crippen LogP contribution in [0.2, 0.25) is 10.2 Å². The van der Waals surface area contributed by atoms with Crippen LogP contribution in [0, 0.1) is 0 Å². The molecular weight excluding hydrogens is 425 g/mol. The molecule has 0 radical (unpaired) electrons. The number of rotatable bonds is 5. The maximum atomic E-state index is 13.0. The van der Waals surface area contributed by atoms with Gasteiger partial charge in [-0.1, -0.05) is 44.0 Å². The molecule has 1 saturated heterocycles. The minimum atomic E-state index is -0.174. The quantitative estimate of drug-likeness (QED) is 0.600. The Labute approximate surface area is 187 Å². The highest BCUT2D eigenvalue weighted by molar-refractivity contribution is 6.32. The third-order valence-electron chi connectivity index (χ3n) is 5.58. The highest BCUT2D eigenvalue weighted by Crippen LogP contribution is 2.37. The highest BCUT2D eigenvalue weighted by atomic mass is 35.5. The zero-order valence-electron chi connectivity index (χ0n) is 18.0. The summed E-state index contributed by atoms with van der Waals surface area (Å²) in [6.07, 6.45) is 0.915. The van der Waals surface area contributed by atoms with E-state index in [2.05, 4.69) is 36.4 Å². The van der Waals surface area contributed by atoms with Gasteiger partial charge >= 0.3 is 0 Å². The van der Waals surface area contributed by atoms with E-state index in [-0.39, 0.29) is 34.8 Å². The van der Waals surface area contributed by atoms with E-state index in [4.69, 9.17) is 23.2 Å². The number of nitrogens with one attached hydrogen (secondary N) is 2. The number of carbonyl (C=O) groups is 1. The summed E-state index contributed by atoms with van der Waals surface area (Å²) in [6, 6.07) is 3.52. The fourth-order valence-corrected chi connectivity index (χ4v) is 4.40. The SMILES string of the molecule is CN(C(=O)c1c(Cl)nc(CNc2cc(C(C)(C)C)c(Cl)cc2O)n1C)[C@H]1CCNC1. The van der Waals surface area contributed by atoms with Crippen molar-refractivity contribution >= 4 is 34.8 Å². The van der Waals surface area contributed by atoms with Gasteiger partial charge in [-0.3, -0.25) is 4.79 Å². The number of anilines is 1. The molecule has 1 fully saturated rings. The summed E-state index contributed by atoms with van der Waals surface area (Å²) in [4.78, 5) is 19.1. The number of likely N-dealkylation sites (N-methyl/N-ethyl adjacent to an activating group) is 1. The fourth-order valence-electron chi connectivity index (χ4n) is 3.65. The number of phenols is 1. The maximum absolute atomic E-state index is 13.0. The molecule has 1 amide bonds. The lowest BCUT2D eigenvalue weighted by atomic mass is 9.86. The van der Waals surface area contributed by atoms with E-state index in [1.165, 1.54) is 6.07 Å². The van der Waals surface area contributed by atoms with E-state index >= 15 is 0 Å². The summed E-state index contributed by atoms with van der Waals surface area (Å²) in [5, 5.41) is 17.4. The van der Waals surface area contributed by atoms with Gasteiger partial charge in [-0.15, -0.1) is 0 Å². The first-order valence-corrected chi connectivity index (χ1v) is 10.7. The molecule has 0 bridgehead atoms. The second-order valence-electron chi connectivity index (χ2n) is 8.74. The molecule has 3 N–H and O–H groups in total. The number of hydrogen-bond acceptors (Lipinski definition) is 5. The number of carbonyl (C=O) groups excluding carboxylic acids is 1. The third kappa shape index (κ3) is 4.53. The number of benzene rings is 1. The largest absolute Gasteiger partial charge is 0.506 e. The Morgan fingerprint density at radius 2 is 2.10 bits per heavy atom. The van der Waals surface area contributed by atoms with Gasteiger partial charge < -0.3 is 25.2 Å². The average Bonchev–Trinajstić information content (AvgIpc) is 3.27. The molecule has 1 aliphatic heterocycles. The Bertz CT molecular complexity index is 946. The van der Waals surface area contributed by atoms with E-state index in [0.717, 1.165) is 25.1 Å². The van der Waals surface area contributed by atoms with Crippen LogP contribution in [0.4, 0.5) is 5.69 Å². The predicted octanol–water partition coefficient (Wildman–Crippen LogP) is 3.78. The molecule has 164 valence electrons. The van der Waals surface area contributed by atoms with Gasteiger partial charge in [0.15, 0.2) is 5.15 Å². The molecule has 0 aliphatic carbocycles. The molecule has 2 heterocycles. The lowest BCUT2D eigenvalue weighted by molar-refractivity contribution is 0.0734. The topological polar surface area (TPSA) is 82.4 Å². The first-order chi connectivity index (χ1) is 14.0. The van der Waals surface area contributed by atoms with Crippen LogP contribution >= 0.6 is 23.2 Å². The average molecular weight is 454 g/mol. The van der Waals surface area contributed by atoms with Crippen molar-refractivity contribution in [2.24, 2.45) is 7.05 Å². The Kier molecular flexibility index (Phi) is 6.55. The van der Waals surface area contributed by atoms with Crippen molar-refractivity contribution < 1.29 is 9.90 Å².